The lowest BCUT2D eigenvalue weighted by atomic mass is 9.99. The van der Waals surface area contributed by atoms with E-state index in [0.717, 1.165) is 43.1 Å². The van der Waals surface area contributed by atoms with Crippen LogP contribution in [0.5, 0.6) is 5.75 Å². The van der Waals surface area contributed by atoms with Crippen LogP contribution in [0.25, 0.3) is 11.1 Å². The predicted octanol–water partition coefficient (Wildman–Crippen LogP) is 3.45. The highest BCUT2D eigenvalue weighted by Gasteiger charge is 2.15. The minimum Gasteiger partial charge on any atom is -0.492 e. The number of likely N-dealkylation sites (tertiary alicyclic amines) is 2. The summed E-state index contributed by atoms with van der Waals surface area (Å²) in [6.07, 6.45) is 5.14. The zero-order valence-corrected chi connectivity index (χ0v) is 17.7. The van der Waals surface area contributed by atoms with Crippen LogP contribution in [0.3, 0.4) is 0 Å². The van der Waals surface area contributed by atoms with Crippen LogP contribution in [0.1, 0.15) is 36.0 Å². The molecule has 2 aromatic rings. The average Bonchev–Trinajstić information content (AvgIpc) is 3.49. The zero-order valence-electron chi connectivity index (χ0n) is 17.7. The van der Waals surface area contributed by atoms with Gasteiger partial charge in [0.15, 0.2) is 0 Å². The Labute approximate surface area is 180 Å². The van der Waals surface area contributed by atoms with Gasteiger partial charge in [-0.3, -0.25) is 9.69 Å². The maximum atomic E-state index is 12.8. The standard InChI is InChI=1S/C25H32N3O2/c29-25(26-13-18-27-14-3-4-15-27)24-8-2-1-7-23(24)21-9-11-22(12-10-21)30-20-19-28-16-5-6-17-28/h1-2,7,9-12H,3-6,13-20H2,(H,26,29). The molecule has 1 N–H and O–H groups in total. The monoisotopic (exact) mass is 406 g/mol. The van der Waals surface area contributed by atoms with Crippen molar-refractivity contribution in [2.24, 2.45) is 0 Å². The van der Waals surface area contributed by atoms with Gasteiger partial charge in [0.05, 0.1) is 5.56 Å². The third-order valence-corrected chi connectivity index (χ3v) is 6.04. The molecule has 0 aliphatic carbocycles. The van der Waals surface area contributed by atoms with Gasteiger partial charge in [-0.2, -0.15) is 0 Å². The lowest BCUT2D eigenvalue weighted by Gasteiger charge is -2.16. The number of hydrogen-bond acceptors (Lipinski definition) is 4. The van der Waals surface area contributed by atoms with Crippen LogP contribution in [-0.2, 0) is 0 Å². The minimum absolute atomic E-state index is 0.0595. The number of benzene rings is 2. The Hall–Kier alpha value is -2.37. The molecule has 159 valence electrons. The molecule has 1 amide bonds. The number of ether oxygens (including phenoxy) is 1. The quantitative estimate of drug-likeness (QED) is 0.693. The van der Waals surface area contributed by atoms with Gasteiger partial charge in [0.2, 0.25) is 0 Å². The summed E-state index contributed by atoms with van der Waals surface area (Å²) in [5.41, 5.74) is 2.50. The number of amides is 1. The van der Waals surface area contributed by atoms with Crippen molar-refractivity contribution >= 4 is 5.91 Å². The molecule has 1 radical (unpaired) electrons. The van der Waals surface area contributed by atoms with E-state index in [-0.39, 0.29) is 5.91 Å². The minimum atomic E-state index is -0.0595. The molecule has 0 spiro atoms. The van der Waals surface area contributed by atoms with Crippen molar-refractivity contribution in [3.05, 3.63) is 54.1 Å². The molecular weight excluding hydrogens is 374 g/mol. The molecule has 2 heterocycles. The van der Waals surface area contributed by atoms with Gasteiger partial charge in [-0.05, 0) is 81.2 Å². The molecule has 5 heteroatoms. The summed E-state index contributed by atoms with van der Waals surface area (Å²) in [5.74, 6) is 0.810. The Morgan fingerprint density at radius 3 is 2.30 bits per heavy atom. The van der Waals surface area contributed by atoms with Crippen molar-refractivity contribution in [1.82, 2.24) is 15.1 Å². The Balaban J connectivity index is 1.33. The van der Waals surface area contributed by atoms with Crippen molar-refractivity contribution in [2.75, 3.05) is 52.4 Å². The van der Waals surface area contributed by atoms with E-state index in [1.54, 1.807) is 6.07 Å². The zero-order chi connectivity index (χ0) is 20.6. The fourth-order valence-electron chi connectivity index (χ4n) is 4.32. The Morgan fingerprint density at radius 1 is 0.933 bits per heavy atom. The van der Waals surface area contributed by atoms with Crippen LogP contribution in [0.2, 0.25) is 0 Å². The Morgan fingerprint density at radius 2 is 1.60 bits per heavy atom. The van der Waals surface area contributed by atoms with Gasteiger partial charge in [0.1, 0.15) is 12.4 Å². The highest BCUT2D eigenvalue weighted by atomic mass is 16.5. The Kier molecular flexibility index (Phi) is 7.38. The summed E-state index contributed by atoms with van der Waals surface area (Å²) in [7, 11) is 0. The first-order chi connectivity index (χ1) is 14.8. The second-order valence-electron chi connectivity index (χ2n) is 8.19. The molecular formula is C25H32N3O2. The number of carbonyl (C=O) groups is 1. The lowest BCUT2D eigenvalue weighted by molar-refractivity contribution is 0.0950. The Bertz CT molecular complexity index is 809. The first-order valence-electron chi connectivity index (χ1n) is 11.3. The average molecular weight is 407 g/mol. The lowest BCUT2D eigenvalue weighted by Crippen LogP contribution is -2.33. The fourth-order valence-corrected chi connectivity index (χ4v) is 4.32. The molecule has 30 heavy (non-hydrogen) atoms. The number of nitrogens with one attached hydrogen (secondary N) is 1. The van der Waals surface area contributed by atoms with Crippen molar-refractivity contribution < 1.29 is 9.53 Å². The number of hydrogen-bond donors (Lipinski definition) is 1. The van der Waals surface area contributed by atoms with Crippen LogP contribution >= 0.6 is 0 Å². The van der Waals surface area contributed by atoms with Gasteiger partial charge in [0, 0.05) is 19.6 Å². The first-order valence-corrected chi connectivity index (χ1v) is 11.3. The number of carbonyl (C=O) groups excluding carboxylic acids is 1. The van der Waals surface area contributed by atoms with Gasteiger partial charge in [-0.15, -0.1) is 0 Å². The number of nitrogens with zero attached hydrogens (tertiary/aromatic N) is 2. The molecule has 2 aliphatic rings. The summed E-state index contributed by atoms with van der Waals surface area (Å²) in [6.45, 7) is 7.95. The van der Waals surface area contributed by atoms with Gasteiger partial charge in [0.25, 0.3) is 5.91 Å². The van der Waals surface area contributed by atoms with Crippen LogP contribution in [0, 0.1) is 6.07 Å². The van der Waals surface area contributed by atoms with Crippen molar-refractivity contribution in [2.45, 2.75) is 25.7 Å². The van der Waals surface area contributed by atoms with E-state index in [4.69, 9.17) is 4.74 Å². The summed E-state index contributed by atoms with van der Waals surface area (Å²) in [4.78, 5) is 17.6. The van der Waals surface area contributed by atoms with Crippen LogP contribution in [-0.4, -0.2) is 68.1 Å². The normalized spacial score (nSPS) is 17.3. The predicted molar refractivity (Wildman–Crippen MR) is 120 cm³/mol. The molecule has 0 saturated carbocycles. The molecule has 0 aromatic heterocycles. The van der Waals surface area contributed by atoms with Crippen molar-refractivity contribution in [3.63, 3.8) is 0 Å². The molecule has 2 aliphatic heterocycles. The largest absolute Gasteiger partial charge is 0.492 e. The van der Waals surface area contributed by atoms with Crippen LogP contribution < -0.4 is 10.1 Å². The molecule has 2 aromatic carbocycles. The van der Waals surface area contributed by atoms with E-state index in [1.165, 1.54) is 38.8 Å². The van der Waals surface area contributed by atoms with E-state index in [0.29, 0.717) is 18.7 Å². The van der Waals surface area contributed by atoms with E-state index >= 15 is 0 Å². The maximum absolute atomic E-state index is 12.8. The van der Waals surface area contributed by atoms with E-state index in [9.17, 15) is 4.79 Å². The molecule has 5 nitrogen and oxygen atoms in total. The van der Waals surface area contributed by atoms with Crippen LogP contribution in [0.15, 0.2) is 42.5 Å². The van der Waals surface area contributed by atoms with Gasteiger partial charge < -0.3 is 15.0 Å². The summed E-state index contributed by atoms with van der Waals surface area (Å²) in [6, 6.07) is 16.9. The van der Waals surface area contributed by atoms with Gasteiger partial charge in [-0.1, -0.05) is 30.3 Å². The second kappa shape index (κ2) is 10.6. The molecule has 4 rings (SSSR count). The highest BCUT2D eigenvalue weighted by molar-refractivity contribution is 6.00. The molecule has 0 bridgehead atoms. The van der Waals surface area contributed by atoms with Gasteiger partial charge >= 0.3 is 0 Å². The SMILES string of the molecule is O=C(NCCN1CCCC1)c1[c]cccc1-c1ccc(OCCN2CCCC2)cc1. The van der Waals surface area contributed by atoms with Crippen molar-refractivity contribution in [1.29, 1.82) is 0 Å². The first kappa shape index (κ1) is 20.9. The van der Waals surface area contributed by atoms with Gasteiger partial charge in [-0.25, -0.2) is 0 Å². The molecule has 0 atom stereocenters. The summed E-state index contributed by atoms with van der Waals surface area (Å²) < 4.78 is 5.90. The summed E-state index contributed by atoms with van der Waals surface area (Å²) in [5, 5.41) is 3.06. The van der Waals surface area contributed by atoms with Crippen molar-refractivity contribution in [3.8, 4) is 16.9 Å². The smallest absolute Gasteiger partial charge is 0.252 e. The maximum Gasteiger partial charge on any atom is 0.252 e. The molecule has 2 saturated heterocycles. The molecule has 2 fully saturated rings. The fraction of sp³-hybridized carbons (Fsp3) is 0.480. The second-order valence-corrected chi connectivity index (χ2v) is 8.19. The highest BCUT2D eigenvalue weighted by Crippen LogP contribution is 2.25. The van der Waals surface area contributed by atoms with E-state index in [2.05, 4.69) is 21.2 Å². The van der Waals surface area contributed by atoms with E-state index < -0.39 is 0 Å². The third-order valence-electron chi connectivity index (χ3n) is 6.04. The molecule has 0 unspecified atom stereocenters. The topological polar surface area (TPSA) is 44.8 Å². The third kappa shape index (κ3) is 5.61. The van der Waals surface area contributed by atoms with Crippen LogP contribution in [0.4, 0.5) is 0 Å². The van der Waals surface area contributed by atoms with E-state index in [1.807, 2.05) is 36.4 Å². The summed E-state index contributed by atoms with van der Waals surface area (Å²) >= 11 is 0. The number of rotatable bonds is 9.